The van der Waals surface area contributed by atoms with Crippen molar-refractivity contribution < 1.29 is 57.0 Å². The van der Waals surface area contributed by atoms with Crippen molar-refractivity contribution in [1.82, 2.24) is 0 Å². The first-order valence-electron chi connectivity index (χ1n) is 16.6. The molecule has 2 aromatic carbocycles. The van der Waals surface area contributed by atoms with Crippen LogP contribution < -0.4 is 19.9 Å². The Bertz CT molecular complexity index is 1590. The van der Waals surface area contributed by atoms with Crippen LogP contribution in [0.5, 0.6) is 17.2 Å². The molecule has 0 bridgehead atoms. The summed E-state index contributed by atoms with van der Waals surface area (Å²) in [6.07, 6.45) is 0.105. The highest BCUT2D eigenvalue weighted by atomic mass is 16.7. The van der Waals surface area contributed by atoms with E-state index in [2.05, 4.69) is 0 Å². The number of carbonyl (C=O) groups excluding carboxylic acids is 3. The van der Waals surface area contributed by atoms with E-state index in [9.17, 15) is 14.4 Å². The number of hydrogen-bond acceptors (Lipinski definition) is 13. The molecule has 0 amide bonds. The van der Waals surface area contributed by atoms with Crippen LogP contribution in [0.4, 0.5) is 0 Å². The van der Waals surface area contributed by atoms with E-state index >= 15 is 0 Å². The molecule has 2 N–H and O–H groups in total. The molecule has 266 valence electrons. The van der Waals surface area contributed by atoms with Crippen LogP contribution in [-0.2, 0) is 39.6 Å². The molecule has 13 nitrogen and oxygen atoms in total. The van der Waals surface area contributed by atoms with Crippen molar-refractivity contribution in [3.05, 3.63) is 51.6 Å². The molecule has 4 aliphatic rings. The average Bonchev–Trinajstić information content (AvgIpc) is 3.11. The highest BCUT2D eigenvalue weighted by molar-refractivity contribution is 6.31. The van der Waals surface area contributed by atoms with E-state index in [-0.39, 0.29) is 77.4 Å². The van der Waals surface area contributed by atoms with Gasteiger partial charge in [0.1, 0.15) is 35.6 Å². The summed E-state index contributed by atoms with van der Waals surface area (Å²) >= 11 is 0. The highest BCUT2D eigenvalue weighted by Gasteiger charge is 2.52. The van der Waals surface area contributed by atoms with Crippen molar-refractivity contribution in [2.24, 2.45) is 5.73 Å². The zero-order chi connectivity index (χ0) is 35.0. The SMILES string of the molecule is COCC(=O)C1(OC)Cc2c(OC)c3c(c(OC)c2C(OC2C[C@H](N)[C@H](OC4CCCCO4)[C@H](C)O2)C1)C(=O)c1c(OC)cccc1C3=O. The maximum Gasteiger partial charge on any atom is 0.202 e. The Morgan fingerprint density at radius 3 is 2.33 bits per heavy atom. The molecule has 2 aliphatic heterocycles. The molecular weight excluding hydrogens is 638 g/mol. The molecule has 13 heteroatoms. The van der Waals surface area contributed by atoms with Crippen molar-refractivity contribution >= 4 is 17.3 Å². The third-order valence-electron chi connectivity index (χ3n) is 10.1. The minimum atomic E-state index is -1.44. The Morgan fingerprint density at radius 2 is 1.69 bits per heavy atom. The molecule has 2 aliphatic carbocycles. The molecule has 2 fully saturated rings. The van der Waals surface area contributed by atoms with Crippen molar-refractivity contribution in [2.75, 3.05) is 48.8 Å². The van der Waals surface area contributed by atoms with Gasteiger partial charge in [-0.2, -0.15) is 0 Å². The molecule has 2 aromatic rings. The number of hydrogen-bond donors (Lipinski definition) is 1. The molecular formula is C36H45NO12. The molecule has 49 heavy (non-hydrogen) atoms. The topological polar surface area (TPSA) is 160 Å². The van der Waals surface area contributed by atoms with Crippen LogP contribution in [0.2, 0.25) is 0 Å². The fourth-order valence-electron chi connectivity index (χ4n) is 7.72. The zero-order valence-corrected chi connectivity index (χ0v) is 28.8. The van der Waals surface area contributed by atoms with Gasteiger partial charge in [-0.25, -0.2) is 0 Å². The summed E-state index contributed by atoms with van der Waals surface area (Å²) in [6, 6.07) is 4.39. The van der Waals surface area contributed by atoms with Crippen molar-refractivity contribution in [1.29, 1.82) is 0 Å². The zero-order valence-electron chi connectivity index (χ0n) is 28.8. The van der Waals surface area contributed by atoms with Gasteiger partial charge in [-0.05, 0) is 32.3 Å². The van der Waals surface area contributed by atoms with E-state index in [1.165, 1.54) is 35.5 Å². The van der Waals surface area contributed by atoms with E-state index in [0.29, 0.717) is 17.7 Å². The summed E-state index contributed by atoms with van der Waals surface area (Å²) in [7, 11) is 7.15. The standard InChI is InChI=1S/C36H45NO12/c1-18-33(49-25-12-7-8-13-46-25)21(37)14-26(47-18)48-23-16-36(45-6,24(38)17-41-2)15-20-28(23)35(44-5)30-29(34(20)43-4)31(39)19-10-9-11-22(42-3)27(19)32(30)40/h9-11,18,21,23,25-26,33H,7-8,12-17,37H2,1-6H3/t18-,21-,23?,25?,26?,33+,36?/m0/s1. The highest BCUT2D eigenvalue weighted by Crippen LogP contribution is 2.54. The van der Waals surface area contributed by atoms with Crippen LogP contribution >= 0.6 is 0 Å². The van der Waals surface area contributed by atoms with Gasteiger partial charge < -0.3 is 48.4 Å². The number of benzene rings is 2. The lowest BCUT2D eigenvalue weighted by atomic mass is 9.71. The monoisotopic (exact) mass is 683 g/mol. The summed E-state index contributed by atoms with van der Waals surface area (Å²) in [5.74, 6) is -0.716. The number of ether oxygens (including phenoxy) is 9. The average molecular weight is 684 g/mol. The molecule has 2 heterocycles. The lowest BCUT2D eigenvalue weighted by Gasteiger charge is -2.45. The summed E-state index contributed by atoms with van der Waals surface area (Å²) < 4.78 is 53.7. The van der Waals surface area contributed by atoms with E-state index < -0.39 is 47.8 Å². The molecule has 0 saturated carbocycles. The molecule has 4 unspecified atom stereocenters. The van der Waals surface area contributed by atoms with E-state index in [4.69, 9.17) is 48.4 Å². The van der Waals surface area contributed by atoms with Gasteiger partial charge in [0, 0.05) is 62.8 Å². The minimum absolute atomic E-state index is 0.00111. The number of ketones is 3. The molecule has 0 spiro atoms. The summed E-state index contributed by atoms with van der Waals surface area (Å²) in [4.78, 5) is 42.3. The predicted octanol–water partition coefficient (Wildman–Crippen LogP) is 3.47. The van der Waals surface area contributed by atoms with Gasteiger partial charge in [0.15, 0.2) is 24.1 Å². The van der Waals surface area contributed by atoms with Crippen LogP contribution in [0.3, 0.4) is 0 Å². The van der Waals surface area contributed by atoms with Crippen LogP contribution in [0.1, 0.15) is 88.1 Å². The second-order valence-corrected chi connectivity index (χ2v) is 12.9. The summed E-state index contributed by atoms with van der Waals surface area (Å²) in [5, 5.41) is 0. The molecule has 0 aromatic heterocycles. The molecule has 7 atom stereocenters. The van der Waals surface area contributed by atoms with Gasteiger partial charge in [0.2, 0.25) is 5.78 Å². The van der Waals surface area contributed by atoms with E-state index in [1.807, 2.05) is 6.92 Å². The molecule has 2 saturated heterocycles. The first kappa shape index (κ1) is 35.4. The van der Waals surface area contributed by atoms with Gasteiger partial charge in [0.25, 0.3) is 0 Å². The maximum absolute atomic E-state index is 14.4. The van der Waals surface area contributed by atoms with Gasteiger partial charge >= 0.3 is 0 Å². The quantitative estimate of drug-likeness (QED) is 0.313. The van der Waals surface area contributed by atoms with Gasteiger partial charge in [0.05, 0.1) is 50.2 Å². The normalized spacial score (nSPS) is 29.4. The van der Waals surface area contributed by atoms with Gasteiger partial charge in [-0.3, -0.25) is 14.4 Å². The predicted molar refractivity (Wildman–Crippen MR) is 174 cm³/mol. The fraction of sp³-hybridized carbons (Fsp3) is 0.583. The number of methoxy groups -OCH3 is 5. The lowest BCUT2D eigenvalue weighted by Crippen LogP contribution is -2.55. The Kier molecular flexibility index (Phi) is 10.4. The molecule has 0 radical (unpaired) electrons. The van der Waals surface area contributed by atoms with Crippen molar-refractivity contribution in [2.45, 2.75) is 88.0 Å². The van der Waals surface area contributed by atoms with Crippen LogP contribution in [0, 0.1) is 0 Å². The van der Waals surface area contributed by atoms with Crippen molar-refractivity contribution in [3.8, 4) is 17.2 Å². The van der Waals surface area contributed by atoms with Crippen LogP contribution in [-0.4, -0.2) is 103 Å². The fourth-order valence-corrected chi connectivity index (χ4v) is 7.72. The van der Waals surface area contributed by atoms with Crippen molar-refractivity contribution in [3.63, 3.8) is 0 Å². The number of Topliss-reactive ketones (excluding diaryl/α,β-unsaturated/α-hetero) is 1. The number of nitrogens with two attached hydrogens (primary N) is 1. The minimum Gasteiger partial charge on any atom is -0.496 e. The third kappa shape index (κ3) is 6.15. The number of fused-ring (bicyclic) bond motifs is 3. The number of carbonyl (C=O) groups is 3. The summed E-state index contributed by atoms with van der Waals surface area (Å²) in [6.45, 7) is 2.28. The lowest BCUT2D eigenvalue weighted by molar-refractivity contribution is -0.281. The maximum atomic E-state index is 14.4. The Labute approximate surface area is 285 Å². The summed E-state index contributed by atoms with van der Waals surface area (Å²) in [5.41, 5.74) is 6.48. The Balaban J connectivity index is 1.45. The van der Waals surface area contributed by atoms with Gasteiger partial charge in [-0.1, -0.05) is 12.1 Å². The Hall–Kier alpha value is -3.43. The smallest absolute Gasteiger partial charge is 0.202 e. The second kappa shape index (κ2) is 14.4. The van der Waals surface area contributed by atoms with Gasteiger partial charge in [-0.15, -0.1) is 0 Å². The molecule has 6 rings (SSSR count). The number of rotatable bonds is 11. The van der Waals surface area contributed by atoms with Crippen LogP contribution in [0.25, 0.3) is 0 Å². The second-order valence-electron chi connectivity index (χ2n) is 12.9. The van der Waals surface area contributed by atoms with Crippen LogP contribution in [0.15, 0.2) is 18.2 Å². The Morgan fingerprint density at radius 1 is 0.939 bits per heavy atom. The first-order valence-corrected chi connectivity index (χ1v) is 16.6. The van der Waals surface area contributed by atoms with E-state index in [1.54, 1.807) is 18.2 Å². The van der Waals surface area contributed by atoms with E-state index in [0.717, 1.165) is 19.3 Å². The first-order chi connectivity index (χ1) is 23.6. The third-order valence-corrected chi connectivity index (χ3v) is 10.1. The largest absolute Gasteiger partial charge is 0.496 e.